The quantitative estimate of drug-likeness (QED) is 0.0561. The molecule has 2 nitrogen and oxygen atoms in total. The fourth-order valence-corrected chi connectivity index (χ4v) is 7.29. The van der Waals surface area contributed by atoms with E-state index in [-0.39, 0.29) is 0 Å². The van der Waals surface area contributed by atoms with E-state index in [1.807, 2.05) is 0 Å². The van der Waals surface area contributed by atoms with Crippen molar-refractivity contribution in [2.45, 2.75) is 226 Å². The van der Waals surface area contributed by atoms with Gasteiger partial charge in [0.1, 0.15) is 6.20 Å². The molecule has 1 rings (SSSR count). The first kappa shape index (κ1) is 40.5. The summed E-state index contributed by atoms with van der Waals surface area (Å²) >= 11 is 0. The molecule has 0 saturated heterocycles. The molecule has 1 N–H and O–H groups in total. The van der Waals surface area contributed by atoms with Crippen molar-refractivity contribution in [1.82, 2.24) is 5.32 Å². The summed E-state index contributed by atoms with van der Waals surface area (Å²) in [5.41, 5.74) is 0. The van der Waals surface area contributed by atoms with Crippen molar-refractivity contribution in [1.29, 1.82) is 0 Å². The zero-order chi connectivity index (χ0) is 30.9. The predicted octanol–water partition coefficient (Wildman–Crippen LogP) is 14.0. The maximum Gasteiger partial charge on any atom is 0.155 e. The Morgan fingerprint density at radius 2 is 0.744 bits per heavy atom. The average Bonchev–Trinajstić information content (AvgIpc) is 3.45. The van der Waals surface area contributed by atoms with Gasteiger partial charge in [0.05, 0.1) is 19.8 Å². The van der Waals surface area contributed by atoms with E-state index in [1.54, 1.807) is 0 Å². The minimum atomic E-state index is 1.02. The van der Waals surface area contributed by atoms with Crippen LogP contribution in [0.2, 0.25) is 0 Å². The molecule has 1 heterocycles. The largest absolute Gasteiger partial charge is 0.340 e. The Kier molecular flexibility index (Phi) is 29.7. The van der Waals surface area contributed by atoms with E-state index in [1.165, 1.54) is 218 Å². The molecule has 0 radical (unpaired) electrons. The van der Waals surface area contributed by atoms with Gasteiger partial charge in [-0.05, 0) is 18.8 Å². The van der Waals surface area contributed by atoms with Crippen LogP contribution in [-0.2, 0) is 0 Å². The molecule has 2 heteroatoms. The fraction of sp³-hybridized carbons (Fsp3) is 0.951. The van der Waals surface area contributed by atoms with Gasteiger partial charge < -0.3 is 5.32 Å². The summed E-state index contributed by atoms with van der Waals surface area (Å²) in [6.45, 7) is 7.02. The van der Waals surface area contributed by atoms with Gasteiger partial charge in [0, 0.05) is 0 Å². The van der Waals surface area contributed by atoms with E-state index >= 15 is 0 Å². The summed E-state index contributed by atoms with van der Waals surface area (Å²) in [5, 5.41) is 3.36. The van der Waals surface area contributed by atoms with Crippen molar-refractivity contribution < 1.29 is 4.48 Å². The highest BCUT2D eigenvalue weighted by atomic mass is 15.4. The lowest BCUT2D eigenvalue weighted by Crippen LogP contribution is -2.40. The third-order valence-corrected chi connectivity index (χ3v) is 10.5. The zero-order valence-electron chi connectivity index (χ0n) is 30.4. The lowest BCUT2D eigenvalue weighted by atomic mass is 9.89. The van der Waals surface area contributed by atoms with E-state index in [9.17, 15) is 0 Å². The van der Waals surface area contributed by atoms with Crippen LogP contribution in [0.4, 0.5) is 0 Å². The van der Waals surface area contributed by atoms with Crippen LogP contribution < -0.4 is 5.32 Å². The summed E-state index contributed by atoms with van der Waals surface area (Å²) in [7, 11) is 2.35. The molecule has 0 saturated carbocycles. The van der Waals surface area contributed by atoms with E-state index in [4.69, 9.17) is 0 Å². The second-order valence-corrected chi connectivity index (χ2v) is 15.0. The van der Waals surface area contributed by atoms with Crippen LogP contribution in [0.1, 0.15) is 226 Å². The monoisotopic (exact) mass is 604 g/mol. The van der Waals surface area contributed by atoms with Crippen LogP contribution in [0.25, 0.3) is 0 Å². The molecule has 0 aromatic heterocycles. The summed E-state index contributed by atoms with van der Waals surface area (Å²) < 4.78 is 1.08. The second-order valence-electron chi connectivity index (χ2n) is 15.0. The number of nitrogens with one attached hydrogen (secondary N) is 1. The molecule has 2 atom stereocenters. The molecule has 0 amide bonds. The number of nitrogens with zero attached hydrogens (tertiary/aromatic N) is 1. The molecular formula is C41H83N2+. The molecule has 1 aliphatic rings. The second kappa shape index (κ2) is 31.5. The molecule has 0 aromatic carbocycles. The topological polar surface area (TPSA) is 12.0 Å². The number of hydrogen-bond donors (Lipinski definition) is 1. The Labute approximate surface area is 273 Å². The Hall–Kier alpha value is -0.500. The van der Waals surface area contributed by atoms with Crippen LogP contribution in [0.3, 0.4) is 0 Å². The van der Waals surface area contributed by atoms with Gasteiger partial charge in [-0.15, -0.1) is 0 Å². The first-order valence-corrected chi connectivity index (χ1v) is 20.5. The standard InChI is InChI=1S/C41H83N2/c1-4-6-8-10-12-14-15-16-17-18-19-20-21-23-27-31-35-41(34-30-26-22-13-11-9-7-5-2)36-32-28-24-25-29-33-38-43(3)39-37-42-40-43/h37,39,41-42H,4-36,38,40H2,1-3H3/q+1. The fourth-order valence-electron chi connectivity index (χ4n) is 7.29. The van der Waals surface area contributed by atoms with Crippen molar-refractivity contribution in [2.24, 2.45) is 5.92 Å². The van der Waals surface area contributed by atoms with Gasteiger partial charge in [0.25, 0.3) is 0 Å². The number of quaternary nitrogens is 1. The summed E-state index contributed by atoms with van der Waals surface area (Å²) in [6, 6.07) is 0. The van der Waals surface area contributed by atoms with Crippen LogP contribution in [-0.4, -0.2) is 24.7 Å². The van der Waals surface area contributed by atoms with Crippen molar-refractivity contribution >= 4 is 0 Å². The molecule has 0 aromatic rings. The number of unbranched alkanes of at least 4 members (excludes halogenated alkanes) is 27. The van der Waals surface area contributed by atoms with Crippen molar-refractivity contribution in [3.63, 3.8) is 0 Å². The highest BCUT2D eigenvalue weighted by Crippen LogP contribution is 2.25. The SMILES string of the molecule is CCCCCCCCCCCCCCCCCCC(CCCCCCCCCC)CCCCCCCC[N+]1(C)C=CNC1. The minimum Gasteiger partial charge on any atom is -0.340 e. The maximum absolute atomic E-state index is 3.36. The number of hydrogen-bond acceptors (Lipinski definition) is 1. The molecular weight excluding hydrogens is 520 g/mol. The number of rotatable bonds is 35. The third-order valence-electron chi connectivity index (χ3n) is 10.5. The normalized spacial score (nSPS) is 17.1. The lowest BCUT2D eigenvalue weighted by Gasteiger charge is -2.25. The highest BCUT2D eigenvalue weighted by molar-refractivity contribution is 4.76. The van der Waals surface area contributed by atoms with Crippen LogP contribution in [0.5, 0.6) is 0 Å². The summed E-state index contributed by atoms with van der Waals surface area (Å²) in [6.07, 6.45) is 53.0. The van der Waals surface area contributed by atoms with Crippen LogP contribution >= 0.6 is 0 Å². The molecule has 0 aliphatic carbocycles. The first-order valence-electron chi connectivity index (χ1n) is 20.5. The van der Waals surface area contributed by atoms with Crippen molar-refractivity contribution in [3.8, 4) is 0 Å². The van der Waals surface area contributed by atoms with Crippen LogP contribution in [0.15, 0.2) is 12.4 Å². The molecule has 43 heavy (non-hydrogen) atoms. The van der Waals surface area contributed by atoms with Gasteiger partial charge in [-0.1, -0.05) is 213 Å². The van der Waals surface area contributed by atoms with E-state index in [2.05, 4.69) is 38.6 Å². The summed E-state index contributed by atoms with van der Waals surface area (Å²) in [5.74, 6) is 1.02. The Balaban J connectivity index is 2.04. The average molecular weight is 604 g/mol. The lowest BCUT2D eigenvalue weighted by molar-refractivity contribution is -0.856. The highest BCUT2D eigenvalue weighted by Gasteiger charge is 2.20. The van der Waals surface area contributed by atoms with E-state index < -0.39 is 0 Å². The van der Waals surface area contributed by atoms with E-state index in [0.717, 1.165) is 17.1 Å². The van der Waals surface area contributed by atoms with Gasteiger partial charge >= 0.3 is 0 Å². The van der Waals surface area contributed by atoms with Crippen LogP contribution in [0, 0.1) is 5.92 Å². The Morgan fingerprint density at radius 3 is 1.05 bits per heavy atom. The molecule has 0 bridgehead atoms. The van der Waals surface area contributed by atoms with Gasteiger partial charge in [0.2, 0.25) is 0 Å². The Bertz CT molecular complexity index is 572. The van der Waals surface area contributed by atoms with Crippen molar-refractivity contribution in [2.75, 3.05) is 20.3 Å². The van der Waals surface area contributed by atoms with Gasteiger partial charge in [0.15, 0.2) is 6.67 Å². The van der Waals surface area contributed by atoms with Gasteiger partial charge in [-0.25, -0.2) is 0 Å². The third kappa shape index (κ3) is 27.5. The molecule has 2 unspecified atom stereocenters. The maximum atomic E-state index is 3.36. The smallest absolute Gasteiger partial charge is 0.155 e. The molecule has 0 fully saturated rings. The van der Waals surface area contributed by atoms with E-state index in [0.29, 0.717) is 0 Å². The van der Waals surface area contributed by atoms with Gasteiger partial charge in [-0.2, -0.15) is 0 Å². The first-order chi connectivity index (χ1) is 21.2. The molecule has 1 aliphatic heterocycles. The predicted molar refractivity (Wildman–Crippen MR) is 195 cm³/mol. The summed E-state index contributed by atoms with van der Waals surface area (Å²) in [4.78, 5) is 0. The van der Waals surface area contributed by atoms with Gasteiger partial charge in [-0.3, -0.25) is 4.48 Å². The molecule has 256 valence electrons. The zero-order valence-corrected chi connectivity index (χ0v) is 30.4. The molecule has 0 spiro atoms. The Morgan fingerprint density at radius 1 is 0.442 bits per heavy atom. The van der Waals surface area contributed by atoms with Crippen molar-refractivity contribution in [3.05, 3.63) is 12.4 Å². The minimum absolute atomic E-state index is 1.02.